The number of amides is 1. The summed E-state index contributed by atoms with van der Waals surface area (Å²) in [6.45, 7) is 0. The number of carbonyl (C=O) groups is 1. The van der Waals surface area contributed by atoms with Crippen LogP contribution in [0.2, 0.25) is 5.15 Å². The molecule has 0 radical (unpaired) electrons. The van der Waals surface area contributed by atoms with Gasteiger partial charge in [-0.05, 0) is 18.2 Å². The molecule has 1 amide bonds. The SMILES string of the molecule is O=C(Nc1cccc2cccnc12)c1ccnc(Cl)c1F. The highest BCUT2D eigenvalue weighted by Crippen LogP contribution is 2.22. The van der Waals surface area contributed by atoms with Crippen LogP contribution in [0.1, 0.15) is 10.4 Å². The van der Waals surface area contributed by atoms with E-state index in [0.717, 1.165) is 5.39 Å². The van der Waals surface area contributed by atoms with Crippen LogP contribution in [-0.2, 0) is 0 Å². The minimum atomic E-state index is -0.843. The van der Waals surface area contributed by atoms with Gasteiger partial charge in [-0.25, -0.2) is 9.37 Å². The summed E-state index contributed by atoms with van der Waals surface area (Å²) in [4.78, 5) is 20.0. The van der Waals surface area contributed by atoms with E-state index in [0.29, 0.717) is 11.2 Å². The zero-order chi connectivity index (χ0) is 14.8. The van der Waals surface area contributed by atoms with Crippen molar-refractivity contribution in [3.63, 3.8) is 0 Å². The van der Waals surface area contributed by atoms with Crippen LogP contribution in [0.5, 0.6) is 0 Å². The maximum Gasteiger partial charge on any atom is 0.258 e. The van der Waals surface area contributed by atoms with Gasteiger partial charge < -0.3 is 5.32 Å². The molecule has 3 rings (SSSR count). The van der Waals surface area contributed by atoms with Crippen LogP contribution in [0.15, 0.2) is 48.8 Å². The third-order valence-corrected chi connectivity index (χ3v) is 3.24. The van der Waals surface area contributed by atoms with E-state index in [9.17, 15) is 9.18 Å². The lowest BCUT2D eigenvalue weighted by molar-refractivity contribution is 0.102. The van der Waals surface area contributed by atoms with Crippen molar-refractivity contribution in [2.45, 2.75) is 0 Å². The lowest BCUT2D eigenvalue weighted by Crippen LogP contribution is -2.14. The second-order valence-electron chi connectivity index (χ2n) is 4.30. The fourth-order valence-corrected chi connectivity index (χ4v) is 2.15. The molecular weight excluding hydrogens is 293 g/mol. The molecule has 0 aliphatic heterocycles. The molecule has 0 spiro atoms. The molecule has 0 bridgehead atoms. The minimum absolute atomic E-state index is 0.164. The number of benzene rings is 1. The number of halogens is 2. The zero-order valence-electron chi connectivity index (χ0n) is 10.7. The number of aromatic nitrogens is 2. The topological polar surface area (TPSA) is 54.9 Å². The maximum atomic E-state index is 13.8. The Morgan fingerprint density at radius 2 is 1.90 bits per heavy atom. The molecule has 4 nitrogen and oxygen atoms in total. The minimum Gasteiger partial charge on any atom is -0.320 e. The zero-order valence-corrected chi connectivity index (χ0v) is 11.4. The molecule has 3 aromatic rings. The fourth-order valence-electron chi connectivity index (χ4n) is 1.99. The van der Waals surface area contributed by atoms with Crippen molar-refractivity contribution in [3.05, 3.63) is 65.3 Å². The maximum absolute atomic E-state index is 13.8. The Bertz CT molecular complexity index is 833. The summed E-state index contributed by atoms with van der Waals surface area (Å²) < 4.78 is 13.8. The van der Waals surface area contributed by atoms with Gasteiger partial charge in [0.1, 0.15) is 0 Å². The molecule has 2 heterocycles. The third kappa shape index (κ3) is 2.55. The molecule has 21 heavy (non-hydrogen) atoms. The first-order chi connectivity index (χ1) is 10.2. The largest absolute Gasteiger partial charge is 0.320 e. The summed E-state index contributed by atoms with van der Waals surface area (Å²) in [7, 11) is 0. The van der Waals surface area contributed by atoms with E-state index >= 15 is 0 Å². The van der Waals surface area contributed by atoms with Crippen molar-refractivity contribution >= 4 is 34.1 Å². The summed E-state index contributed by atoms with van der Waals surface area (Å²) in [6, 6.07) is 10.3. The number of nitrogens with zero attached hydrogens (tertiary/aromatic N) is 2. The van der Waals surface area contributed by atoms with E-state index in [1.807, 2.05) is 12.1 Å². The van der Waals surface area contributed by atoms with E-state index in [2.05, 4.69) is 15.3 Å². The highest BCUT2D eigenvalue weighted by atomic mass is 35.5. The summed E-state index contributed by atoms with van der Waals surface area (Å²) >= 11 is 5.58. The van der Waals surface area contributed by atoms with E-state index in [4.69, 9.17) is 11.6 Å². The van der Waals surface area contributed by atoms with Crippen molar-refractivity contribution in [2.24, 2.45) is 0 Å². The third-order valence-electron chi connectivity index (χ3n) is 2.97. The lowest BCUT2D eigenvalue weighted by atomic mass is 10.1. The van der Waals surface area contributed by atoms with Gasteiger partial charge in [-0.15, -0.1) is 0 Å². The number of nitrogens with one attached hydrogen (secondary N) is 1. The van der Waals surface area contributed by atoms with Gasteiger partial charge in [0.2, 0.25) is 0 Å². The smallest absolute Gasteiger partial charge is 0.258 e. The number of rotatable bonds is 2. The van der Waals surface area contributed by atoms with Gasteiger partial charge in [0.15, 0.2) is 11.0 Å². The Morgan fingerprint density at radius 1 is 1.10 bits per heavy atom. The van der Waals surface area contributed by atoms with Gasteiger partial charge in [-0.2, -0.15) is 0 Å². The molecular formula is C15H9ClFN3O. The van der Waals surface area contributed by atoms with E-state index in [1.165, 1.54) is 12.3 Å². The van der Waals surface area contributed by atoms with Gasteiger partial charge in [0.05, 0.1) is 16.8 Å². The molecule has 0 aliphatic rings. The van der Waals surface area contributed by atoms with Crippen LogP contribution in [0.4, 0.5) is 10.1 Å². The van der Waals surface area contributed by atoms with Crippen molar-refractivity contribution in [1.82, 2.24) is 9.97 Å². The van der Waals surface area contributed by atoms with Gasteiger partial charge in [-0.1, -0.05) is 29.8 Å². The normalized spacial score (nSPS) is 10.6. The van der Waals surface area contributed by atoms with Crippen molar-refractivity contribution in [2.75, 3.05) is 5.32 Å². The monoisotopic (exact) mass is 301 g/mol. The standard InChI is InChI=1S/C15H9ClFN3O/c16-14-12(17)10(6-8-19-14)15(21)20-11-5-1-3-9-4-2-7-18-13(9)11/h1-8H,(H,20,21). The molecule has 0 saturated heterocycles. The molecule has 0 saturated carbocycles. The van der Waals surface area contributed by atoms with Crippen LogP contribution in [-0.4, -0.2) is 15.9 Å². The van der Waals surface area contributed by atoms with Gasteiger partial charge in [0, 0.05) is 17.8 Å². The first kappa shape index (κ1) is 13.5. The Balaban J connectivity index is 1.99. The Kier molecular flexibility index (Phi) is 3.50. The lowest BCUT2D eigenvalue weighted by Gasteiger charge is -2.08. The van der Waals surface area contributed by atoms with Crippen molar-refractivity contribution < 1.29 is 9.18 Å². The summed E-state index contributed by atoms with van der Waals surface area (Å²) in [6.07, 6.45) is 2.91. The Hall–Kier alpha value is -2.53. The van der Waals surface area contributed by atoms with E-state index in [1.54, 1.807) is 24.4 Å². The molecule has 0 atom stereocenters. The van der Waals surface area contributed by atoms with E-state index < -0.39 is 11.7 Å². The number of para-hydroxylation sites is 1. The molecule has 0 aliphatic carbocycles. The Morgan fingerprint density at radius 3 is 2.76 bits per heavy atom. The highest BCUT2D eigenvalue weighted by Gasteiger charge is 2.16. The second kappa shape index (κ2) is 5.46. The number of fused-ring (bicyclic) bond motifs is 1. The second-order valence-corrected chi connectivity index (χ2v) is 4.66. The first-order valence-electron chi connectivity index (χ1n) is 6.12. The molecule has 0 fully saturated rings. The quantitative estimate of drug-likeness (QED) is 0.735. The average Bonchev–Trinajstić information content (AvgIpc) is 2.50. The number of anilines is 1. The molecule has 1 N–H and O–H groups in total. The molecule has 2 aromatic heterocycles. The number of hydrogen-bond acceptors (Lipinski definition) is 3. The van der Waals surface area contributed by atoms with Gasteiger partial charge >= 0.3 is 0 Å². The average molecular weight is 302 g/mol. The van der Waals surface area contributed by atoms with Crippen molar-refractivity contribution in [1.29, 1.82) is 0 Å². The number of carbonyl (C=O) groups excluding carboxylic acids is 1. The van der Waals surface area contributed by atoms with Gasteiger partial charge in [0.25, 0.3) is 5.91 Å². The Labute approximate surface area is 124 Å². The van der Waals surface area contributed by atoms with Crippen LogP contribution in [0, 0.1) is 5.82 Å². The van der Waals surface area contributed by atoms with Crippen LogP contribution < -0.4 is 5.32 Å². The van der Waals surface area contributed by atoms with Crippen molar-refractivity contribution in [3.8, 4) is 0 Å². The van der Waals surface area contributed by atoms with E-state index in [-0.39, 0.29) is 10.7 Å². The molecule has 0 unspecified atom stereocenters. The molecule has 104 valence electrons. The summed E-state index contributed by atoms with van der Waals surface area (Å²) in [5.74, 6) is -1.44. The summed E-state index contributed by atoms with van der Waals surface area (Å²) in [5.41, 5.74) is 0.974. The van der Waals surface area contributed by atoms with Crippen LogP contribution in [0.3, 0.4) is 0 Å². The molecule has 6 heteroatoms. The highest BCUT2D eigenvalue weighted by molar-refractivity contribution is 6.30. The number of pyridine rings is 2. The fraction of sp³-hybridized carbons (Fsp3) is 0. The molecule has 1 aromatic carbocycles. The number of hydrogen-bond donors (Lipinski definition) is 1. The summed E-state index contributed by atoms with van der Waals surface area (Å²) in [5, 5.41) is 3.19. The first-order valence-corrected chi connectivity index (χ1v) is 6.50. The van der Waals surface area contributed by atoms with Crippen LogP contribution >= 0.6 is 11.6 Å². The van der Waals surface area contributed by atoms with Crippen LogP contribution in [0.25, 0.3) is 10.9 Å². The van der Waals surface area contributed by atoms with Gasteiger partial charge in [-0.3, -0.25) is 9.78 Å². The predicted molar refractivity (Wildman–Crippen MR) is 78.9 cm³/mol. The predicted octanol–water partition coefficient (Wildman–Crippen LogP) is 3.67.